The highest BCUT2D eigenvalue weighted by Gasteiger charge is 2.32. The Morgan fingerprint density at radius 2 is 2.20 bits per heavy atom. The Labute approximate surface area is 108 Å². The zero-order valence-corrected chi connectivity index (χ0v) is 10.5. The van der Waals surface area contributed by atoms with Crippen LogP contribution in [0.15, 0.2) is 12.3 Å². The molecule has 15 heavy (non-hydrogen) atoms. The molecule has 0 bridgehead atoms. The van der Waals surface area contributed by atoms with Crippen LogP contribution in [0.1, 0.15) is 16.1 Å². The van der Waals surface area contributed by atoms with Crippen LogP contribution in [0.5, 0.6) is 0 Å². The van der Waals surface area contributed by atoms with Gasteiger partial charge >= 0.3 is 0 Å². The summed E-state index contributed by atoms with van der Waals surface area (Å²) in [6, 6.07) is 1.53. The molecule has 0 aliphatic carbocycles. The lowest BCUT2D eigenvalue weighted by molar-refractivity contribution is 0.0992. The standard InChI is InChI=1S/C9H6Cl3NOS/c10-9(11,12)8(14)7-4-6(5-13-7)2-1-3-15/h4-5,13,15H,3H2. The van der Waals surface area contributed by atoms with Gasteiger partial charge in [0.05, 0.1) is 11.4 Å². The Morgan fingerprint density at radius 1 is 1.53 bits per heavy atom. The molecule has 0 aliphatic rings. The summed E-state index contributed by atoms with van der Waals surface area (Å²) in [5.41, 5.74) is 0.875. The molecular formula is C9H6Cl3NOS. The number of hydrogen-bond acceptors (Lipinski definition) is 2. The molecule has 0 aliphatic heterocycles. The number of Topliss-reactive ketones (excluding diaryl/α,β-unsaturated/α-hetero) is 1. The fraction of sp³-hybridized carbons (Fsp3) is 0.222. The number of aromatic nitrogens is 1. The first-order valence-electron chi connectivity index (χ1n) is 3.85. The number of carbonyl (C=O) groups is 1. The monoisotopic (exact) mass is 281 g/mol. The highest BCUT2D eigenvalue weighted by molar-refractivity contribution is 7.80. The number of alkyl halides is 3. The first-order valence-corrected chi connectivity index (χ1v) is 5.61. The van der Waals surface area contributed by atoms with Gasteiger partial charge in [-0.2, -0.15) is 12.6 Å². The minimum atomic E-state index is -1.95. The molecule has 0 saturated heterocycles. The first-order chi connectivity index (χ1) is 6.95. The summed E-state index contributed by atoms with van der Waals surface area (Å²) in [4.78, 5) is 14.2. The number of aromatic amines is 1. The fourth-order valence-electron chi connectivity index (χ4n) is 0.892. The second-order valence-electron chi connectivity index (χ2n) is 2.59. The van der Waals surface area contributed by atoms with Crippen LogP contribution >= 0.6 is 47.4 Å². The van der Waals surface area contributed by atoms with Crippen LogP contribution < -0.4 is 0 Å². The zero-order chi connectivity index (χ0) is 11.5. The Morgan fingerprint density at radius 3 is 2.73 bits per heavy atom. The van der Waals surface area contributed by atoms with Crippen molar-refractivity contribution in [2.45, 2.75) is 3.79 Å². The number of nitrogens with one attached hydrogen (secondary N) is 1. The normalized spacial score (nSPS) is 10.7. The van der Waals surface area contributed by atoms with Crippen molar-refractivity contribution in [3.8, 4) is 11.8 Å². The van der Waals surface area contributed by atoms with Crippen LogP contribution in [-0.2, 0) is 0 Å². The molecule has 1 rings (SSSR count). The third kappa shape index (κ3) is 3.66. The van der Waals surface area contributed by atoms with Gasteiger partial charge in [-0.25, -0.2) is 0 Å². The van der Waals surface area contributed by atoms with Gasteiger partial charge in [-0.1, -0.05) is 46.6 Å². The molecule has 1 heterocycles. The quantitative estimate of drug-likeness (QED) is 0.353. The van der Waals surface area contributed by atoms with E-state index < -0.39 is 9.58 Å². The van der Waals surface area contributed by atoms with Gasteiger partial charge in [0.2, 0.25) is 5.78 Å². The highest BCUT2D eigenvalue weighted by Crippen LogP contribution is 2.30. The molecule has 0 radical (unpaired) electrons. The van der Waals surface area contributed by atoms with E-state index in [1.807, 2.05) is 0 Å². The summed E-state index contributed by atoms with van der Waals surface area (Å²) in [5.74, 6) is 5.36. The lowest BCUT2D eigenvalue weighted by Gasteiger charge is -2.06. The molecule has 0 saturated carbocycles. The van der Waals surface area contributed by atoms with Crippen molar-refractivity contribution in [1.82, 2.24) is 4.98 Å². The van der Waals surface area contributed by atoms with Crippen LogP contribution in [0.2, 0.25) is 0 Å². The number of carbonyl (C=O) groups excluding carboxylic acids is 1. The average molecular weight is 283 g/mol. The molecule has 6 heteroatoms. The highest BCUT2D eigenvalue weighted by atomic mass is 35.6. The minimum absolute atomic E-state index is 0.221. The van der Waals surface area contributed by atoms with Gasteiger partial charge in [0, 0.05) is 11.8 Å². The van der Waals surface area contributed by atoms with E-state index in [-0.39, 0.29) is 5.69 Å². The fourth-order valence-corrected chi connectivity index (χ4v) is 1.28. The van der Waals surface area contributed by atoms with Crippen molar-refractivity contribution >= 4 is 53.2 Å². The van der Waals surface area contributed by atoms with Crippen molar-refractivity contribution in [2.24, 2.45) is 0 Å². The van der Waals surface area contributed by atoms with Gasteiger partial charge in [0.1, 0.15) is 0 Å². The largest absolute Gasteiger partial charge is 0.357 e. The Kier molecular flexibility index (Phi) is 4.42. The lowest BCUT2D eigenvalue weighted by Crippen LogP contribution is -2.19. The Balaban J connectivity index is 2.90. The molecule has 0 fully saturated rings. The van der Waals surface area contributed by atoms with Crippen LogP contribution in [0.4, 0.5) is 0 Å². The van der Waals surface area contributed by atoms with Gasteiger partial charge in [0.25, 0.3) is 3.79 Å². The molecule has 0 aromatic carbocycles. The summed E-state index contributed by atoms with van der Waals surface area (Å²) in [6.45, 7) is 0. The van der Waals surface area contributed by atoms with Crippen LogP contribution in [0.3, 0.4) is 0 Å². The third-order valence-corrected chi connectivity index (χ3v) is 2.17. The first kappa shape index (κ1) is 12.8. The summed E-state index contributed by atoms with van der Waals surface area (Å²) in [6.07, 6.45) is 1.57. The van der Waals surface area contributed by atoms with E-state index in [4.69, 9.17) is 34.8 Å². The zero-order valence-electron chi connectivity index (χ0n) is 7.35. The van der Waals surface area contributed by atoms with Gasteiger partial charge in [0.15, 0.2) is 0 Å². The SMILES string of the molecule is O=C(c1cc(C#CCS)c[nH]1)C(Cl)(Cl)Cl. The molecule has 0 atom stereocenters. The Bertz CT molecular complexity index is 425. The van der Waals surface area contributed by atoms with E-state index in [2.05, 4.69) is 29.5 Å². The molecule has 1 aromatic heterocycles. The predicted octanol–water partition coefficient (Wildman–Crippen LogP) is 2.85. The molecule has 2 nitrogen and oxygen atoms in total. The van der Waals surface area contributed by atoms with E-state index in [9.17, 15) is 4.79 Å². The number of thiol groups is 1. The van der Waals surface area contributed by atoms with E-state index >= 15 is 0 Å². The number of hydrogen-bond donors (Lipinski definition) is 2. The van der Waals surface area contributed by atoms with Gasteiger partial charge in [-0.15, -0.1) is 0 Å². The minimum Gasteiger partial charge on any atom is -0.357 e. The molecule has 1 N–H and O–H groups in total. The van der Waals surface area contributed by atoms with E-state index in [0.29, 0.717) is 11.3 Å². The van der Waals surface area contributed by atoms with Crippen LogP contribution in [-0.4, -0.2) is 20.3 Å². The van der Waals surface area contributed by atoms with Crippen molar-refractivity contribution in [1.29, 1.82) is 0 Å². The van der Waals surface area contributed by atoms with Crippen molar-refractivity contribution in [3.05, 3.63) is 23.5 Å². The van der Waals surface area contributed by atoms with Gasteiger partial charge in [-0.05, 0) is 6.07 Å². The Hall–Kier alpha value is -0.270. The molecule has 0 unspecified atom stereocenters. The van der Waals surface area contributed by atoms with E-state index in [0.717, 1.165) is 0 Å². The molecule has 80 valence electrons. The number of H-pyrrole nitrogens is 1. The maximum Gasteiger partial charge on any atom is 0.254 e. The number of rotatable bonds is 1. The maximum absolute atomic E-state index is 11.5. The molecule has 1 aromatic rings. The van der Waals surface area contributed by atoms with Crippen LogP contribution in [0, 0.1) is 11.8 Å². The second kappa shape index (κ2) is 5.18. The van der Waals surface area contributed by atoms with Crippen molar-refractivity contribution in [2.75, 3.05) is 5.75 Å². The van der Waals surface area contributed by atoms with E-state index in [1.54, 1.807) is 6.20 Å². The molecule has 0 spiro atoms. The molecule has 0 amide bonds. The molecular weight excluding hydrogens is 277 g/mol. The maximum atomic E-state index is 11.5. The number of halogens is 3. The van der Waals surface area contributed by atoms with Gasteiger partial charge < -0.3 is 4.98 Å². The summed E-state index contributed by atoms with van der Waals surface area (Å²) < 4.78 is -1.95. The van der Waals surface area contributed by atoms with Crippen molar-refractivity contribution < 1.29 is 4.79 Å². The van der Waals surface area contributed by atoms with E-state index in [1.165, 1.54) is 6.07 Å². The third-order valence-electron chi connectivity index (χ3n) is 1.50. The average Bonchev–Trinajstić information content (AvgIpc) is 2.60. The van der Waals surface area contributed by atoms with Crippen molar-refractivity contribution in [3.63, 3.8) is 0 Å². The predicted molar refractivity (Wildman–Crippen MR) is 66.1 cm³/mol. The van der Waals surface area contributed by atoms with Gasteiger partial charge in [-0.3, -0.25) is 4.79 Å². The lowest BCUT2D eigenvalue weighted by atomic mass is 10.2. The summed E-state index contributed by atoms with van der Waals surface area (Å²) >= 11 is 20.3. The van der Waals surface area contributed by atoms with Crippen LogP contribution in [0.25, 0.3) is 0 Å². The second-order valence-corrected chi connectivity index (χ2v) is 5.19. The number of ketones is 1. The summed E-state index contributed by atoms with van der Waals surface area (Å²) in [5, 5.41) is 0. The smallest absolute Gasteiger partial charge is 0.254 e. The topological polar surface area (TPSA) is 32.9 Å². The summed E-state index contributed by atoms with van der Waals surface area (Å²) in [7, 11) is 0.